The Balaban J connectivity index is 0.00000288. The minimum Gasteiger partial charge on any atom is -0.377 e. The van der Waals surface area contributed by atoms with Crippen molar-refractivity contribution in [2.45, 2.75) is 26.0 Å². The maximum atomic E-state index is 5.39. The number of nitrogens with zero attached hydrogens (tertiary/aromatic N) is 4. The molecule has 132 valence electrons. The van der Waals surface area contributed by atoms with Gasteiger partial charge in [0.25, 0.3) is 0 Å². The Kier molecular flexibility index (Phi) is 8.13. The Morgan fingerprint density at radius 1 is 1.25 bits per heavy atom. The zero-order valence-electron chi connectivity index (χ0n) is 14.5. The molecule has 0 saturated carbocycles. The average Bonchev–Trinajstić information content (AvgIpc) is 3.04. The van der Waals surface area contributed by atoms with E-state index in [1.807, 2.05) is 48.7 Å². The van der Waals surface area contributed by atoms with Crippen molar-refractivity contribution in [2.24, 2.45) is 4.99 Å². The molecule has 7 nitrogen and oxygen atoms in total. The van der Waals surface area contributed by atoms with Crippen molar-refractivity contribution in [1.82, 2.24) is 25.4 Å². The normalized spacial score (nSPS) is 11.8. The van der Waals surface area contributed by atoms with Crippen molar-refractivity contribution in [3.63, 3.8) is 0 Å². The van der Waals surface area contributed by atoms with Gasteiger partial charge in [0, 0.05) is 26.4 Å². The highest BCUT2D eigenvalue weighted by Gasteiger charge is 2.16. The van der Waals surface area contributed by atoms with Crippen LogP contribution in [0.15, 0.2) is 41.7 Å². The van der Waals surface area contributed by atoms with Crippen LogP contribution in [0.4, 0.5) is 0 Å². The predicted octanol–water partition coefficient (Wildman–Crippen LogP) is 1.98. The highest BCUT2D eigenvalue weighted by Crippen LogP contribution is 2.08. The molecule has 0 aliphatic heterocycles. The van der Waals surface area contributed by atoms with Gasteiger partial charge in [-0.3, -0.25) is 9.56 Å². The lowest BCUT2D eigenvalue weighted by molar-refractivity contribution is 0.0268. The number of hydrogen-bond donors (Lipinski definition) is 2. The summed E-state index contributed by atoms with van der Waals surface area (Å²) in [5.41, 5.74) is 0.763. The molecule has 0 unspecified atom stereocenters. The van der Waals surface area contributed by atoms with Crippen molar-refractivity contribution in [1.29, 1.82) is 0 Å². The Labute approximate surface area is 159 Å². The number of methoxy groups -OCH3 is 1. The summed E-state index contributed by atoms with van der Waals surface area (Å²) >= 11 is 0. The van der Waals surface area contributed by atoms with E-state index in [-0.39, 0.29) is 29.6 Å². The monoisotopic (exact) mass is 444 g/mol. The van der Waals surface area contributed by atoms with E-state index in [0.717, 1.165) is 11.5 Å². The first kappa shape index (κ1) is 20.4. The molecule has 0 bridgehead atoms. The molecule has 0 saturated heterocycles. The number of hydrogen-bond acceptors (Lipinski definition) is 4. The summed E-state index contributed by atoms with van der Waals surface area (Å²) < 4.78 is 7.33. The number of guanidine groups is 1. The second kappa shape index (κ2) is 9.58. The zero-order chi connectivity index (χ0) is 16.7. The minimum absolute atomic E-state index is 0. The molecule has 1 aromatic heterocycles. The fourth-order valence-electron chi connectivity index (χ4n) is 1.94. The lowest BCUT2D eigenvalue weighted by atomic mass is 10.1. The molecule has 2 N–H and O–H groups in total. The maximum absolute atomic E-state index is 5.39. The van der Waals surface area contributed by atoms with Crippen LogP contribution in [-0.4, -0.2) is 47.0 Å². The third kappa shape index (κ3) is 5.75. The van der Waals surface area contributed by atoms with Gasteiger partial charge in [-0.25, -0.2) is 0 Å². The predicted molar refractivity (Wildman–Crippen MR) is 106 cm³/mol. The van der Waals surface area contributed by atoms with Gasteiger partial charge >= 0.3 is 0 Å². The number of aromatic nitrogens is 3. The number of para-hydroxylation sites is 1. The van der Waals surface area contributed by atoms with Crippen molar-refractivity contribution in [2.75, 3.05) is 20.7 Å². The van der Waals surface area contributed by atoms with Crippen LogP contribution in [0.2, 0.25) is 0 Å². The minimum atomic E-state index is -0.262. The molecular formula is C16H25IN6O. The van der Waals surface area contributed by atoms with Gasteiger partial charge in [0.05, 0.1) is 12.1 Å². The second-order valence-corrected chi connectivity index (χ2v) is 5.70. The number of rotatable bonds is 6. The van der Waals surface area contributed by atoms with Crippen LogP contribution >= 0.6 is 24.0 Å². The smallest absolute Gasteiger partial charge is 0.191 e. The first-order chi connectivity index (χ1) is 11.1. The molecule has 8 heteroatoms. The van der Waals surface area contributed by atoms with Crippen molar-refractivity contribution in [3.05, 3.63) is 42.5 Å². The van der Waals surface area contributed by atoms with E-state index < -0.39 is 0 Å². The number of benzene rings is 1. The van der Waals surface area contributed by atoms with Crippen LogP contribution in [0, 0.1) is 0 Å². The highest BCUT2D eigenvalue weighted by molar-refractivity contribution is 14.0. The Hall–Kier alpha value is -1.68. The summed E-state index contributed by atoms with van der Waals surface area (Å²) in [6, 6.07) is 9.98. The molecular weight excluding hydrogens is 419 g/mol. The maximum Gasteiger partial charge on any atom is 0.191 e. The van der Waals surface area contributed by atoms with Gasteiger partial charge < -0.3 is 15.4 Å². The molecule has 24 heavy (non-hydrogen) atoms. The van der Waals surface area contributed by atoms with Gasteiger partial charge in [0.1, 0.15) is 6.33 Å². The lowest BCUT2D eigenvalue weighted by Gasteiger charge is -2.24. The first-order valence-electron chi connectivity index (χ1n) is 7.50. The van der Waals surface area contributed by atoms with Gasteiger partial charge in [-0.05, 0) is 26.0 Å². The number of halogens is 1. The average molecular weight is 444 g/mol. The molecule has 0 aliphatic rings. The molecule has 2 rings (SSSR count). The second-order valence-electron chi connectivity index (χ2n) is 5.70. The molecule has 1 aromatic carbocycles. The summed E-state index contributed by atoms with van der Waals surface area (Å²) in [5, 5.41) is 14.6. The van der Waals surface area contributed by atoms with Crippen molar-refractivity contribution in [3.8, 4) is 5.69 Å². The van der Waals surface area contributed by atoms with Crippen LogP contribution < -0.4 is 10.6 Å². The Morgan fingerprint density at radius 2 is 1.96 bits per heavy atom. The Bertz CT molecular complexity index is 641. The van der Waals surface area contributed by atoms with E-state index in [0.29, 0.717) is 19.0 Å². The third-order valence-electron chi connectivity index (χ3n) is 3.52. The van der Waals surface area contributed by atoms with Crippen molar-refractivity contribution >= 4 is 29.9 Å². The van der Waals surface area contributed by atoms with E-state index >= 15 is 0 Å². The van der Waals surface area contributed by atoms with Gasteiger partial charge in [-0.15, -0.1) is 34.2 Å². The number of nitrogens with one attached hydrogen (secondary N) is 2. The van der Waals surface area contributed by atoms with Gasteiger partial charge in [-0.2, -0.15) is 0 Å². The quantitative estimate of drug-likeness (QED) is 0.405. The zero-order valence-corrected chi connectivity index (χ0v) is 16.8. The van der Waals surface area contributed by atoms with E-state index in [4.69, 9.17) is 4.74 Å². The van der Waals surface area contributed by atoms with E-state index in [9.17, 15) is 0 Å². The fourth-order valence-corrected chi connectivity index (χ4v) is 1.94. The summed E-state index contributed by atoms with van der Waals surface area (Å²) in [4.78, 5) is 4.21. The Morgan fingerprint density at radius 3 is 2.58 bits per heavy atom. The molecule has 2 aromatic rings. The van der Waals surface area contributed by atoms with Crippen LogP contribution in [0.3, 0.4) is 0 Å². The molecule has 0 aliphatic carbocycles. The van der Waals surface area contributed by atoms with E-state index in [2.05, 4.69) is 25.8 Å². The summed E-state index contributed by atoms with van der Waals surface area (Å²) in [5.74, 6) is 1.50. The van der Waals surface area contributed by atoms with Crippen LogP contribution in [-0.2, 0) is 11.3 Å². The number of ether oxygens (including phenoxy) is 1. The molecule has 0 spiro atoms. The molecule has 0 atom stereocenters. The molecule has 0 amide bonds. The van der Waals surface area contributed by atoms with Crippen molar-refractivity contribution < 1.29 is 4.74 Å². The highest BCUT2D eigenvalue weighted by atomic mass is 127. The molecule has 0 fully saturated rings. The molecule has 0 radical (unpaired) electrons. The van der Waals surface area contributed by atoms with E-state index in [1.165, 1.54) is 0 Å². The van der Waals surface area contributed by atoms with Gasteiger partial charge in [-0.1, -0.05) is 18.2 Å². The van der Waals surface area contributed by atoms with E-state index in [1.54, 1.807) is 20.5 Å². The third-order valence-corrected chi connectivity index (χ3v) is 3.52. The summed E-state index contributed by atoms with van der Waals surface area (Å²) in [6.07, 6.45) is 1.70. The standard InChI is InChI=1S/C16H24N6O.HI/c1-16(2,23-4)11-19-15(17-3)18-10-14-21-20-12-22(14)13-8-6-5-7-9-13;/h5-9,12H,10-11H2,1-4H3,(H2,17,18,19);1H. The number of aliphatic imine (C=N–C) groups is 1. The van der Waals surface area contributed by atoms with Crippen LogP contribution in [0.1, 0.15) is 19.7 Å². The fraction of sp³-hybridized carbons (Fsp3) is 0.438. The summed E-state index contributed by atoms with van der Waals surface area (Å²) in [6.45, 7) is 5.19. The van der Waals surface area contributed by atoms with Gasteiger partial charge in [0.15, 0.2) is 11.8 Å². The SMILES string of the molecule is CN=C(NCc1nncn1-c1ccccc1)NCC(C)(C)OC.I. The lowest BCUT2D eigenvalue weighted by Crippen LogP contribution is -2.45. The van der Waals surface area contributed by atoms with Crippen LogP contribution in [0.5, 0.6) is 0 Å². The first-order valence-corrected chi connectivity index (χ1v) is 7.50. The topological polar surface area (TPSA) is 76.4 Å². The molecule has 1 heterocycles. The van der Waals surface area contributed by atoms with Crippen LogP contribution in [0.25, 0.3) is 5.69 Å². The largest absolute Gasteiger partial charge is 0.377 e. The van der Waals surface area contributed by atoms with Gasteiger partial charge in [0.2, 0.25) is 0 Å². The summed E-state index contributed by atoms with van der Waals surface area (Å²) in [7, 11) is 3.43.